The summed E-state index contributed by atoms with van der Waals surface area (Å²) >= 11 is 1.22. The van der Waals surface area contributed by atoms with Gasteiger partial charge in [0, 0.05) is 11.3 Å². The molecule has 1 unspecified atom stereocenters. The SMILES string of the molecule is CCC1(CC)OC(c2ccc(CS(=O)[O-])cc2)=C(Br)C1=O. The van der Waals surface area contributed by atoms with Gasteiger partial charge in [0.05, 0.1) is 0 Å². The number of benzene rings is 1. The van der Waals surface area contributed by atoms with Crippen LogP contribution in [0.25, 0.3) is 5.76 Å². The van der Waals surface area contributed by atoms with Gasteiger partial charge in [-0.25, -0.2) is 0 Å². The van der Waals surface area contributed by atoms with Crippen LogP contribution >= 0.6 is 15.9 Å². The van der Waals surface area contributed by atoms with Gasteiger partial charge >= 0.3 is 0 Å². The van der Waals surface area contributed by atoms with Crippen molar-refractivity contribution < 1.29 is 18.3 Å². The highest BCUT2D eigenvalue weighted by molar-refractivity contribution is 9.12. The number of hydrogen-bond acceptors (Lipinski definition) is 4. The molecule has 4 nitrogen and oxygen atoms in total. The highest BCUT2D eigenvalue weighted by atomic mass is 79.9. The maximum absolute atomic E-state index is 12.4. The molecule has 0 bridgehead atoms. The first kappa shape index (κ1) is 16.4. The van der Waals surface area contributed by atoms with Crippen molar-refractivity contribution in [2.24, 2.45) is 0 Å². The lowest BCUT2D eigenvalue weighted by Gasteiger charge is -2.25. The zero-order chi connectivity index (χ0) is 15.6. The molecule has 0 aromatic heterocycles. The summed E-state index contributed by atoms with van der Waals surface area (Å²) in [5.41, 5.74) is 0.674. The third-order valence-corrected chi connectivity index (χ3v) is 5.04. The Morgan fingerprint density at radius 2 is 1.81 bits per heavy atom. The van der Waals surface area contributed by atoms with Crippen LogP contribution in [0.5, 0.6) is 0 Å². The molecule has 1 atom stereocenters. The molecule has 0 aliphatic carbocycles. The third-order valence-electron chi connectivity index (χ3n) is 3.75. The number of hydrogen-bond donors (Lipinski definition) is 0. The molecule has 1 heterocycles. The highest BCUT2D eigenvalue weighted by Crippen LogP contribution is 2.42. The maximum Gasteiger partial charge on any atom is 0.217 e. The lowest BCUT2D eigenvalue weighted by molar-refractivity contribution is -0.129. The van der Waals surface area contributed by atoms with E-state index in [0.717, 1.165) is 5.56 Å². The van der Waals surface area contributed by atoms with Crippen molar-refractivity contribution in [3.05, 3.63) is 39.9 Å². The average Bonchev–Trinajstić information content (AvgIpc) is 2.73. The molecule has 0 spiro atoms. The van der Waals surface area contributed by atoms with Gasteiger partial charge in [-0.15, -0.1) is 0 Å². The first-order valence-electron chi connectivity index (χ1n) is 6.72. The minimum absolute atomic E-state index is 0.0197. The van der Waals surface area contributed by atoms with Crippen molar-refractivity contribution in [2.75, 3.05) is 0 Å². The molecular weight excluding hydrogens is 356 g/mol. The van der Waals surface area contributed by atoms with Crippen LogP contribution in [0.3, 0.4) is 0 Å². The fourth-order valence-corrected chi connectivity index (χ4v) is 3.51. The van der Waals surface area contributed by atoms with E-state index in [2.05, 4.69) is 15.9 Å². The molecule has 1 aliphatic heterocycles. The molecule has 0 amide bonds. The Morgan fingerprint density at radius 1 is 1.24 bits per heavy atom. The molecule has 21 heavy (non-hydrogen) atoms. The molecule has 1 aromatic rings. The molecule has 0 saturated carbocycles. The van der Waals surface area contributed by atoms with Gasteiger partial charge in [0.2, 0.25) is 5.78 Å². The van der Waals surface area contributed by atoms with E-state index < -0.39 is 16.7 Å². The summed E-state index contributed by atoms with van der Waals surface area (Å²) in [6.45, 7) is 3.86. The Morgan fingerprint density at radius 3 is 2.24 bits per heavy atom. The molecule has 6 heteroatoms. The van der Waals surface area contributed by atoms with Crippen molar-refractivity contribution in [3.63, 3.8) is 0 Å². The van der Waals surface area contributed by atoms with Gasteiger partial charge in [-0.05, 0) is 34.3 Å². The number of carbonyl (C=O) groups excluding carboxylic acids is 1. The topological polar surface area (TPSA) is 66.4 Å². The predicted molar refractivity (Wildman–Crippen MR) is 84.3 cm³/mol. The molecular formula is C15H16BrO4S-. The first-order valence-corrected chi connectivity index (χ1v) is 8.76. The van der Waals surface area contributed by atoms with Gasteiger partial charge in [0.1, 0.15) is 10.2 Å². The lowest BCUT2D eigenvalue weighted by atomic mass is 9.93. The van der Waals surface area contributed by atoms with Crippen LogP contribution in [0.1, 0.15) is 37.8 Å². The summed E-state index contributed by atoms with van der Waals surface area (Å²) in [5.74, 6) is 0.472. The van der Waals surface area contributed by atoms with Crippen LogP contribution in [0.2, 0.25) is 0 Å². The van der Waals surface area contributed by atoms with Crippen molar-refractivity contribution in [2.45, 2.75) is 38.0 Å². The number of ketones is 1. The highest BCUT2D eigenvalue weighted by Gasteiger charge is 2.46. The van der Waals surface area contributed by atoms with E-state index in [1.807, 2.05) is 13.8 Å². The van der Waals surface area contributed by atoms with Crippen LogP contribution in [0.15, 0.2) is 28.7 Å². The van der Waals surface area contributed by atoms with E-state index in [1.54, 1.807) is 24.3 Å². The molecule has 0 saturated heterocycles. The van der Waals surface area contributed by atoms with Crippen LogP contribution < -0.4 is 0 Å². The van der Waals surface area contributed by atoms with Gasteiger partial charge in [-0.2, -0.15) is 0 Å². The van der Waals surface area contributed by atoms with Gasteiger partial charge in [-0.3, -0.25) is 9.00 Å². The van der Waals surface area contributed by atoms with E-state index in [4.69, 9.17) is 4.74 Å². The van der Waals surface area contributed by atoms with Crippen LogP contribution in [0, 0.1) is 0 Å². The van der Waals surface area contributed by atoms with E-state index in [0.29, 0.717) is 28.6 Å². The predicted octanol–water partition coefficient (Wildman–Crippen LogP) is 3.29. The van der Waals surface area contributed by atoms with E-state index in [-0.39, 0.29) is 11.5 Å². The molecule has 114 valence electrons. The van der Waals surface area contributed by atoms with Gasteiger partial charge in [0.25, 0.3) is 0 Å². The fourth-order valence-electron chi connectivity index (χ4n) is 2.38. The largest absolute Gasteiger partial charge is 0.772 e. The number of halogens is 1. The summed E-state index contributed by atoms with van der Waals surface area (Å²) < 4.78 is 27.8. The van der Waals surface area contributed by atoms with Crippen molar-refractivity contribution in [1.82, 2.24) is 0 Å². The second kappa shape index (κ2) is 6.42. The third kappa shape index (κ3) is 3.12. The Bertz CT molecular complexity index is 603. The van der Waals surface area contributed by atoms with Gasteiger partial charge < -0.3 is 9.29 Å². The summed E-state index contributed by atoms with van der Waals surface area (Å²) in [5, 5.41) is 0. The van der Waals surface area contributed by atoms with Gasteiger partial charge in [-0.1, -0.05) is 49.2 Å². The fraction of sp³-hybridized carbons (Fsp3) is 0.400. The summed E-state index contributed by atoms with van der Waals surface area (Å²) in [4.78, 5) is 12.4. The van der Waals surface area contributed by atoms with Gasteiger partial charge in [0.15, 0.2) is 5.60 Å². The monoisotopic (exact) mass is 371 g/mol. The average molecular weight is 372 g/mol. The Hall–Kier alpha value is -0.980. The zero-order valence-electron chi connectivity index (χ0n) is 11.8. The number of Topliss-reactive ketones (excluding diaryl/α,β-unsaturated/α-hetero) is 1. The van der Waals surface area contributed by atoms with Crippen molar-refractivity contribution in [3.8, 4) is 0 Å². The van der Waals surface area contributed by atoms with Crippen LogP contribution in [-0.4, -0.2) is 20.1 Å². The van der Waals surface area contributed by atoms with E-state index >= 15 is 0 Å². The normalized spacial score (nSPS) is 18.8. The summed E-state index contributed by atoms with van der Waals surface area (Å²) in [7, 11) is 0. The quantitative estimate of drug-likeness (QED) is 0.744. The van der Waals surface area contributed by atoms with Crippen molar-refractivity contribution >= 4 is 38.6 Å². The smallest absolute Gasteiger partial charge is 0.217 e. The van der Waals surface area contributed by atoms with Crippen molar-refractivity contribution in [1.29, 1.82) is 0 Å². The number of carbonyl (C=O) groups is 1. The van der Waals surface area contributed by atoms with E-state index in [9.17, 15) is 13.6 Å². The van der Waals surface area contributed by atoms with Crippen LogP contribution in [0.4, 0.5) is 0 Å². The molecule has 1 aromatic carbocycles. The molecule has 0 radical (unpaired) electrons. The van der Waals surface area contributed by atoms with Crippen LogP contribution in [-0.2, 0) is 26.4 Å². The zero-order valence-corrected chi connectivity index (χ0v) is 14.3. The Labute approximate surface area is 135 Å². The molecule has 1 aliphatic rings. The minimum atomic E-state index is -2.11. The first-order chi connectivity index (χ1) is 9.93. The van der Waals surface area contributed by atoms with E-state index in [1.165, 1.54) is 0 Å². The molecule has 2 rings (SSSR count). The molecule has 0 fully saturated rings. The second-order valence-electron chi connectivity index (χ2n) is 4.92. The lowest BCUT2D eigenvalue weighted by Crippen LogP contribution is -2.35. The maximum atomic E-state index is 12.4. The Kier molecular flexibility index (Phi) is 5.01. The summed E-state index contributed by atoms with van der Waals surface area (Å²) in [6, 6.07) is 7.00. The minimum Gasteiger partial charge on any atom is -0.772 e. The standard InChI is InChI=1S/C15H17BrO4S/c1-3-15(4-2)14(17)12(16)13(20-15)11-7-5-10(6-8-11)9-21(18)19/h5-8H,3-4,9H2,1-2H3,(H,18,19)/p-1. The summed E-state index contributed by atoms with van der Waals surface area (Å²) in [6.07, 6.45) is 1.21. The second-order valence-corrected chi connectivity index (χ2v) is 6.61. The Balaban J connectivity index is 2.30. The molecule has 0 N–H and O–H groups in total. The number of ether oxygens (including phenoxy) is 1. The number of rotatable bonds is 5.